The minimum absolute atomic E-state index is 0.0125. The quantitative estimate of drug-likeness (QED) is 0.721. The summed E-state index contributed by atoms with van der Waals surface area (Å²) in [5, 5.41) is 13.8. The lowest BCUT2D eigenvalue weighted by molar-refractivity contribution is -0.146. The summed E-state index contributed by atoms with van der Waals surface area (Å²) in [5.41, 5.74) is 3.83. The van der Waals surface area contributed by atoms with Crippen LogP contribution in [-0.4, -0.2) is 11.1 Å². The van der Waals surface area contributed by atoms with Gasteiger partial charge in [0.05, 0.1) is 11.5 Å². The Morgan fingerprint density at radius 3 is 2.69 bits per heavy atom. The molecule has 2 aromatic rings. The summed E-state index contributed by atoms with van der Waals surface area (Å²) in [6.07, 6.45) is 1.45. The SMILES string of the molecule is CC(C)(Cc1cccc(C2Nc3ccc(Cl)cc3CC2(C)C)c1)C(=O)O. The van der Waals surface area contributed by atoms with E-state index in [-0.39, 0.29) is 11.5 Å². The fraction of sp³-hybridized carbons (Fsp3) is 0.409. The third-order valence-electron chi connectivity index (χ3n) is 5.30. The summed E-state index contributed by atoms with van der Waals surface area (Å²) >= 11 is 6.16. The van der Waals surface area contributed by atoms with Gasteiger partial charge in [-0.2, -0.15) is 0 Å². The largest absolute Gasteiger partial charge is 0.481 e. The molecule has 1 atom stereocenters. The monoisotopic (exact) mass is 371 g/mol. The summed E-state index contributed by atoms with van der Waals surface area (Å²) in [4.78, 5) is 11.5. The summed E-state index contributed by atoms with van der Waals surface area (Å²) in [5.74, 6) is -0.773. The molecule has 0 aromatic heterocycles. The highest BCUT2D eigenvalue weighted by molar-refractivity contribution is 6.30. The summed E-state index contributed by atoms with van der Waals surface area (Å²) in [6, 6.07) is 14.4. The molecule has 1 aliphatic rings. The number of nitrogens with one attached hydrogen (secondary N) is 1. The van der Waals surface area contributed by atoms with E-state index in [0.717, 1.165) is 22.7 Å². The van der Waals surface area contributed by atoms with Gasteiger partial charge in [-0.3, -0.25) is 4.79 Å². The van der Waals surface area contributed by atoms with Crippen LogP contribution in [0.2, 0.25) is 5.02 Å². The highest BCUT2D eigenvalue weighted by atomic mass is 35.5. The minimum Gasteiger partial charge on any atom is -0.481 e. The summed E-state index contributed by atoms with van der Waals surface area (Å²) < 4.78 is 0. The molecule has 1 aliphatic heterocycles. The van der Waals surface area contributed by atoms with Crippen molar-refractivity contribution in [2.45, 2.75) is 46.6 Å². The molecular formula is C22H26ClNO2. The lowest BCUT2D eigenvalue weighted by Crippen LogP contribution is -2.35. The molecule has 0 saturated carbocycles. The topological polar surface area (TPSA) is 49.3 Å². The predicted molar refractivity (Wildman–Crippen MR) is 107 cm³/mol. The molecule has 0 aliphatic carbocycles. The average Bonchev–Trinajstić information content (AvgIpc) is 2.53. The van der Waals surface area contributed by atoms with Gasteiger partial charge in [0.1, 0.15) is 0 Å². The predicted octanol–water partition coefficient (Wildman–Crippen LogP) is 5.73. The fourth-order valence-electron chi connectivity index (χ4n) is 3.80. The van der Waals surface area contributed by atoms with Gasteiger partial charge in [0, 0.05) is 10.7 Å². The zero-order chi connectivity index (χ0) is 19.1. The van der Waals surface area contributed by atoms with Crippen molar-refractivity contribution in [3.05, 3.63) is 64.2 Å². The van der Waals surface area contributed by atoms with Crippen LogP contribution in [0.15, 0.2) is 42.5 Å². The van der Waals surface area contributed by atoms with E-state index < -0.39 is 11.4 Å². The van der Waals surface area contributed by atoms with Crippen LogP contribution in [0.5, 0.6) is 0 Å². The van der Waals surface area contributed by atoms with E-state index in [1.807, 2.05) is 30.3 Å². The Balaban J connectivity index is 1.92. The number of hydrogen-bond donors (Lipinski definition) is 2. The van der Waals surface area contributed by atoms with Crippen molar-refractivity contribution in [1.82, 2.24) is 0 Å². The van der Waals surface area contributed by atoms with Crippen LogP contribution in [0.4, 0.5) is 5.69 Å². The Morgan fingerprint density at radius 1 is 1.27 bits per heavy atom. The Hall–Kier alpha value is -2.00. The van der Waals surface area contributed by atoms with Crippen LogP contribution in [0.25, 0.3) is 0 Å². The molecule has 0 amide bonds. The number of aliphatic carboxylic acids is 1. The van der Waals surface area contributed by atoms with E-state index in [0.29, 0.717) is 6.42 Å². The molecule has 2 N–H and O–H groups in total. The van der Waals surface area contributed by atoms with Crippen LogP contribution in [0.3, 0.4) is 0 Å². The normalized spacial score (nSPS) is 18.7. The Labute approximate surface area is 160 Å². The minimum atomic E-state index is -0.780. The van der Waals surface area contributed by atoms with Crippen molar-refractivity contribution in [1.29, 1.82) is 0 Å². The molecule has 0 spiro atoms. The van der Waals surface area contributed by atoms with Crippen LogP contribution in [0, 0.1) is 10.8 Å². The number of carbonyl (C=O) groups is 1. The van der Waals surface area contributed by atoms with Crippen LogP contribution in [-0.2, 0) is 17.6 Å². The van der Waals surface area contributed by atoms with Crippen LogP contribution >= 0.6 is 11.6 Å². The van der Waals surface area contributed by atoms with E-state index in [1.54, 1.807) is 13.8 Å². The Morgan fingerprint density at radius 2 is 2.00 bits per heavy atom. The fourth-order valence-corrected chi connectivity index (χ4v) is 3.99. The van der Waals surface area contributed by atoms with Gasteiger partial charge in [0.2, 0.25) is 0 Å². The molecule has 4 heteroatoms. The highest BCUT2D eigenvalue weighted by Crippen LogP contribution is 2.45. The third kappa shape index (κ3) is 3.73. The molecule has 26 heavy (non-hydrogen) atoms. The molecule has 0 bridgehead atoms. The lowest BCUT2D eigenvalue weighted by Gasteiger charge is -2.41. The molecule has 138 valence electrons. The number of anilines is 1. The molecule has 0 saturated heterocycles. The molecule has 2 aromatic carbocycles. The van der Waals surface area contributed by atoms with Crippen molar-refractivity contribution < 1.29 is 9.90 Å². The average molecular weight is 372 g/mol. The molecule has 3 rings (SSSR count). The standard InChI is InChI=1S/C22H26ClNO2/c1-21(2)13-16-11-17(23)8-9-18(16)24-19(21)15-7-5-6-14(10-15)12-22(3,4)20(25)26/h5-11,19,24H,12-13H2,1-4H3,(H,25,26). The first kappa shape index (κ1) is 18.8. The maximum absolute atomic E-state index is 11.5. The van der Waals surface area contributed by atoms with Gasteiger partial charge in [-0.15, -0.1) is 0 Å². The van der Waals surface area contributed by atoms with Gasteiger partial charge in [0.25, 0.3) is 0 Å². The molecule has 0 radical (unpaired) electrons. The number of fused-ring (bicyclic) bond motifs is 1. The molecule has 1 unspecified atom stereocenters. The number of carboxylic acid groups (broad SMARTS) is 1. The van der Waals surface area contributed by atoms with Crippen molar-refractivity contribution in [3.8, 4) is 0 Å². The first-order valence-corrected chi connectivity index (χ1v) is 9.33. The summed E-state index contributed by atoms with van der Waals surface area (Å²) in [6.45, 7) is 8.04. The van der Waals surface area contributed by atoms with Gasteiger partial charge in [-0.05, 0) is 67.0 Å². The van der Waals surface area contributed by atoms with Gasteiger partial charge in [-0.25, -0.2) is 0 Å². The Bertz CT molecular complexity index is 842. The number of benzene rings is 2. The first-order chi connectivity index (χ1) is 12.1. The highest BCUT2D eigenvalue weighted by Gasteiger charge is 2.36. The lowest BCUT2D eigenvalue weighted by atomic mass is 9.72. The van der Waals surface area contributed by atoms with Crippen molar-refractivity contribution in [3.63, 3.8) is 0 Å². The maximum atomic E-state index is 11.5. The van der Waals surface area contributed by atoms with E-state index in [2.05, 4.69) is 31.3 Å². The van der Waals surface area contributed by atoms with Crippen molar-refractivity contribution in [2.24, 2.45) is 10.8 Å². The second-order valence-corrected chi connectivity index (χ2v) is 9.09. The summed E-state index contributed by atoms with van der Waals surface area (Å²) in [7, 11) is 0. The van der Waals surface area contributed by atoms with E-state index in [9.17, 15) is 9.90 Å². The maximum Gasteiger partial charge on any atom is 0.309 e. The van der Waals surface area contributed by atoms with Gasteiger partial charge >= 0.3 is 5.97 Å². The van der Waals surface area contributed by atoms with Gasteiger partial charge in [-0.1, -0.05) is 49.7 Å². The first-order valence-electron chi connectivity index (χ1n) is 8.96. The number of hydrogen-bond acceptors (Lipinski definition) is 2. The van der Waals surface area contributed by atoms with Crippen LogP contribution < -0.4 is 5.32 Å². The van der Waals surface area contributed by atoms with Gasteiger partial charge < -0.3 is 10.4 Å². The van der Waals surface area contributed by atoms with Crippen molar-refractivity contribution in [2.75, 3.05) is 5.32 Å². The number of halogens is 1. The second kappa shape index (κ2) is 6.62. The molecule has 3 nitrogen and oxygen atoms in total. The van der Waals surface area contributed by atoms with E-state index >= 15 is 0 Å². The zero-order valence-corrected chi connectivity index (χ0v) is 16.5. The van der Waals surface area contributed by atoms with E-state index in [1.165, 1.54) is 11.1 Å². The van der Waals surface area contributed by atoms with Crippen molar-refractivity contribution >= 4 is 23.3 Å². The molecule has 0 fully saturated rings. The molecule has 1 heterocycles. The van der Waals surface area contributed by atoms with Crippen LogP contribution in [0.1, 0.15) is 50.4 Å². The van der Waals surface area contributed by atoms with Gasteiger partial charge in [0.15, 0.2) is 0 Å². The Kier molecular flexibility index (Phi) is 4.78. The number of rotatable bonds is 4. The molecular weight excluding hydrogens is 346 g/mol. The smallest absolute Gasteiger partial charge is 0.309 e. The zero-order valence-electron chi connectivity index (χ0n) is 15.8. The third-order valence-corrected chi connectivity index (χ3v) is 5.54. The second-order valence-electron chi connectivity index (χ2n) is 8.66. The number of carboxylic acids is 1. The van der Waals surface area contributed by atoms with E-state index in [4.69, 9.17) is 11.6 Å².